The molecule has 0 bridgehead atoms. The van der Waals surface area contributed by atoms with Crippen LogP contribution in [0.4, 0.5) is 5.69 Å². The van der Waals surface area contributed by atoms with Gasteiger partial charge >= 0.3 is 5.69 Å². The summed E-state index contributed by atoms with van der Waals surface area (Å²) in [6, 6.07) is 2.33. The van der Waals surface area contributed by atoms with E-state index in [2.05, 4.69) is 9.97 Å². The minimum Gasteiger partial charge on any atom is -0.429 e. The summed E-state index contributed by atoms with van der Waals surface area (Å²) in [6.45, 7) is 3.45. The third-order valence-electron chi connectivity index (χ3n) is 2.64. The first-order valence-corrected chi connectivity index (χ1v) is 6.75. The molecule has 2 aromatic rings. The van der Waals surface area contributed by atoms with Gasteiger partial charge in [-0.05, 0) is 13.8 Å². The Morgan fingerprint density at radius 3 is 2.29 bits per heavy atom. The molecule has 0 aliphatic rings. The summed E-state index contributed by atoms with van der Waals surface area (Å²) in [5, 5.41) is 11.2. The van der Waals surface area contributed by atoms with Gasteiger partial charge in [-0.15, -0.1) is 0 Å². The Morgan fingerprint density at radius 1 is 1.10 bits per heavy atom. The van der Waals surface area contributed by atoms with Gasteiger partial charge in [0, 0.05) is 12.1 Å². The molecule has 1 aromatic heterocycles. The van der Waals surface area contributed by atoms with Crippen molar-refractivity contribution in [1.29, 1.82) is 0 Å². The number of hydrogen-bond donors (Lipinski definition) is 0. The molecule has 0 atom stereocenters. The molecule has 6 nitrogen and oxygen atoms in total. The van der Waals surface area contributed by atoms with E-state index in [1.165, 1.54) is 6.07 Å². The molecular weight excluding hydrogens is 341 g/mol. The number of benzene rings is 1. The summed E-state index contributed by atoms with van der Waals surface area (Å²) in [5.74, 6) is -0.157. The molecule has 0 amide bonds. The first-order valence-electron chi connectivity index (χ1n) is 5.61. The van der Waals surface area contributed by atoms with Crippen molar-refractivity contribution in [2.45, 2.75) is 13.8 Å². The normalized spacial score (nSPS) is 10.5. The standard InChI is InChI=1S/C12H8Cl3N3O3/c1-5-6(2)17-12(11(15)16-5)21-10-4-8(14)7(13)3-9(10)18(19)20/h3-4H,1-2H3. The van der Waals surface area contributed by atoms with Crippen LogP contribution in [0.5, 0.6) is 11.6 Å². The van der Waals surface area contributed by atoms with Gasteiger partial charge in [0.05, 0.1) is 26.4 Å². The van der Waals surface area contributed by atoms with Crippen LogP contribution < -0.4 is 4.74 Å². The van der Waals surface area contributed by atoms with E-state index < -0.39 is 4.92 Å². The van der Waals surface area contributed by atoms with Crippen molar-refractivity contribution in [3.05, 3.63) is 48.8 Å². The van der Waals surface area contributed by atoms with E-state index in [1.54, 1.807) is 13.8 Å². The molecule has 0 radical (unpaired) electrons. The highest BCUT2D eigenvalue weighted by Crippen LogP contribution is 2.38. The second kappa shape index (κ2) is 6.01. The van der Waals surface area contributed by atoms with Crippen LogP contribution in [0.3, 0.4) is 0 Å². The van der Waals surface area contributed by atoms with Gasteiger partial charge in [0.25, 0.3) is 5.88 Å². The number of aromatic nitrogens is 2. The van der Waals surface area contributed by atoms with Gasteiger partial charge in [-0.25, -0.2) is 9.97 Å². The third-order valence-corrected chi connectivity index (χ3v) is 3.61. The fourth-order valence-electron chi connectivity index (χ4n) is 1.47. The van der Waals surface area contributed by atoms with Crippen molar-refractivity contribution in [2.24, 2.45) is 0 Å². The van der Waals surface area contributed by atoms with Crippen molar-refractivity contribution in [3.8, 4) is 11.6 Å². The fourth-order valence-corrected chi connectivity index (χ4v) is 1.99. The predicted octanol–water partition coefficient (Wildman–Crippen LogP) is 4.75. The maximum Gasteiger partial charge on any atom is 0.313 e. The van der Waals surface area contributed by atoms with Crippen molar-refractivity contribution in [3.63, 3.8) is 0 Å². The molecule has 0 saturated heterocycles. The highest BCUT2D eigenvalue weighted by molar-refractivity contribution is 6.42. The lowest BCUT2D eigenvalue weighted by atomic mass is 10.3. The summed E-state index contributed by atoms with van der Waals surface area (Å²) in [5.41, 5.74) is 0.883. The maximum absolute atomic E-state index is 11.0. The molecule has 21 heavy (non-hydrogen) atoms. The largest absolute Gasteiger partial charge is 0.429 e. The van der Waals surface area contributed by atoms with E-state index in [4.69, 9.17) is 39.5 Å². The van der Waals surface area contributed by atoms with Crippen LogP contribution >= 0.6 is 34.8 Å². The SMILES string of the molecule is Cc1nc(Cl)c(Oc2cc(Cl)c(Cl)cc2[N+](=O)[O-])nc1C. The Labute approximate surface area is 134 Å². The molecule has 0 aliphatic heterocycles. The highest BCUT2D eigenvalue weighted by atomic mass is 35.5. The molecule has 0 unspecified atom stereocenters. The summed E-state index contributed by atoms with van der Waals surface area (Å²) in [6.07, 6.45) is 0. The molecule has 0 fully saturated rings. The first kappa shape index (κ1) is 15.8. The van der Waals surface area contributed by atoms with Gasteiger partial charge in [-0.2, -0.15) is 0 Å². The van der Waals surface area contributed by atoms with Gasteiger partial charge in [-0.1, -0.05) is 34.8 Å². The minimum atomic E-state index is -0.639. The number of nitrogens with zero attached hydrogens (tertiary/aromatic N) is 3. The van der Waals surface area contributed by atoms with Crippen LogP contribution in [-0.2, 0) is 0 Å². The minimum absolute atomic E-state index is 0.00142. The topological polar surface area (TPSA) is 78.2 Å². The summed E-state index contributed by atoms with van der Waals surface area (Å²) >= 11 is 17.5. The smallest absolute Gasteiger partial charge is 0.313 e. The molecule has 1 aromatic carbocycles. The van der Waals surface area contributed by atoms with Crippen molar-refractivity contribution in [2.75, 3.05) is 0 Å². The second-order valence-corrected chi connectivity index (χ2v) is 5.26. The molecule has 9 heteroatoms. The zero-order valence-corrected chi connectivity index (χ0v) is 13.1. The van der Waals surface area contributed by atoms with E-state index in [-0.39, 0.29) is 32.5 Å². The molecule has 110 valence electrons. The Balaban J connectivity index is 2.51. The number of nitro benzene ring substituents is 1. The molecular formula is C12H8Cl3N3O3. The van der Waals surface area contributed by atoms with E-state index in [0.717, 1.165) is 6.07 Å². The number of halogens is 3. The van der Waals surface area contributed by atoms with Gasteiger partial charge in [0.15, 0.2) is 5.15 Å². The lowest BCUT2D eigenvalue weighted by Crippen LogP contribution is -1.99. The number of aryl methyl sites for hydroxylation is 2. The maximum atomic E-state index is 11.0. The Hall–Kier alpha value is -1.63. The Morgan fingerprint density at radius 2 is 1.67 bits per heavy atom. The van der Waals surface area contributed by atoms with Gasteiger partial charge in [0.1, 0.15) is 0 Å². The highest BCUT2D eigenvalue weighted by Gasteiger charge is 2.21. The molecule has 0 saturated carbocycles. The monoisotopic (exact) mass is 347 g/mol. The fraction of sp³-hybridized carbons (Fsp3) is 0.167. The van der Waals surface area contributed by atoms with E-state index in [0.29, 0.717) is 11.4 Å². The lowest BCUT2D eigenvalue weighted by molar-refractivity contribution is -0.385. The number of hydrogen-bond acceptors (Lipinski definition) is 5. The van der Waals surface area contributed by atoms with Crippen LogP contribution in [0.2, 0.25) is 15.2 Å². The summed E-state index contributed by atoms with van der Waals surface area (Å²) < 4.78 is 5.38. The molecule has 2 rings (SSSR count). The third kappa shape index (κ3) is 3.34. The first-order chi connectivity index (χ1) is 9.79. The molecule has 0 N–H and O–H groups in total. The van der Waals surface area contributed by atoms with Crippen LogP contribution in [0, 0.1) is 24.0 Å². The zero-order valence-electron chi connectivity index (χ0n) is 10.9. The summed E-state index contributed by atoms with van der Waals surface area (Å²) in [4.78, 5) is 18.5. The lowest BCUT2D eigenvalue weighted by Gasteiger charge is -2.09. The van der Waals surface area contributed by atoms with Crippen molar-refractivity contribution in [1.82, 2.24) is 9.97 Å². The number of rotatable bonds is 3. The average molecular weight is 349 g/mol. The quantitative estimate of drug-likeness (QED) is 0.590. The van der Waals surface area contributed by atoms with Gasteiger partial charge in [-0.3, -0.25) is 10.1 Å². The Bertz CT molecular complexity index is 737. The zero-order chi connectivity index (χ0) is 15.7. The number of nitro groups is 1. The van der Waals surface area contributed by atoms with Crippen LogP contribution in [-0.4, -0.2) is 14.9 Å². The average Bonchev–Trinajstić information content (AvgIpc) is 2.39. The van der Waals surface area contributed by atoms with Crippen molar-refractivity contribution < 1.29 is 9.66 Å². The number of ether oxygens (including phenoxy) is 1. The van der Waals surface area contributed by atoms with E-state index >= 15 is 0 Å². The van der Waals surface area contributed by atoms with Crippen LogP contribution in [0.25, 0.3) is 0 Å². The van der Waals surface area contributed by atoms with Gasteiger partial charge < -0.3 is 4.74 Å². The Kier molecular flexibility index (Phi) is 4.51. The predicted molar refractivity (Wildman–Crippen MR) is 79.7 cm³/mol. The molecule has 1 heterocycles. The molecule has 0 spiro atoms. The van der Waals surface area contributed by atoms with E-state index in [9.17, 15) is 10.1 Å². The van der Waals surface area contributed by atoms with Crippen LogP contribution in [0.1, 0.15) is 11.4 Å². The van der Waals surface area contributed by atoms with E-state index in [1.807, 2.05) is 0 Å². The van der Waals surface area contributed by atoms with Crippen molar-refractivity contribution >= 4 is 40.5 Å². The summed E-state index contributed by atoms with van der Waals surface area (Å²) in [7, 11) is 0. The van der Waals surface area contributed by atoms with Crippen LogP contribution in [0.15, 0.2) is 12.1 Å². The second-order valence-electron chi connectivity index (χ2n) is 4.08. The molecule has 0 aliphatic carbocycles. The van der Waals surface area contributed by atoms with Gasteiger partial charge in [0.2, 0.25) is 5.75 Å².